The monoisotopic (exact) mass is 177 g/mol. The van der Waals surface area contributed by atoms with Crippen LogP contribution in [0.5, 0.6) is 0 Å². The summed E-state index contributed by atoms with van der Waals surface area (Å²) in [5.74, 6) is 0.731. The Morgan fingerprint density at radius 2 is 2.09 bits per heavy atom. The maximum atomic E-state index is 11.0. The second kappa shape index (κ2) is 5.43. The minimum Gasteiger partial charge on any atom is -0.299 e. The van der Waals surface area contributed by atoms with E-state index in [1.54, 1.807) is 0 Å². The van der Waals surface area contributed by atoms with Gasteiger partial charge in [-0.05, 0) is 6.42 Å². The molecule has 0 radical (unpaired) electrons. The topological polar surface area (TPSA) is 60.2 Å². The predicted octanol–water partition coefficient (Wildman–Crippen LogP) is 0.614. The second-order valence-electron chi connectivity index (χ2n) is 2.81. The number of carbonyl (C=O) groups excluding carboxylic acids is 1. The number of nitrogens with two attached hydrogens (primary N) is 1. The number of hydrogen-bond acceptors (Lipinski definition) is 2. The molecular formula is C7H15NO2S. The zero-order valence-corrected chi connectivity index (χ0v) is 7.82. The molecule has 0 bridgehead atoms. The summed E-state index contributed by atoms with van der Waals surface area (Å²) >= 11 is 0. The molecule has 0 aliphatic heterocycles. The van der Waals surface area contributed by atoms with Gasteiger partial charge in [-0.15, -0.1) is 0 Å². The molecule has 0 spiro atoms. The van der Waals surface area contributed by atoms with Crippen molar-refractivity contribution in [3.05, 3.63) is 0 Å². The van der Waals surface area contributed by atoms with Crippen LogP contribution in [-0.2, 0) is 15.8 Å². The van der Waals surface area contributed by atoms with Gasteiger partial charge in [0, 0.05) is 18.1 Å². The number of Topliss-reactive ketones (excluding diaryl/α,β-unsaturated/α-hetero) is 1. The van der Waals surface area contributed by atoms with Crippen molar-refractivity contribution in [3.8, 4) is 0 Å². The zero-order chi connectivity index (χ0) is 8.85. The molecule has 0 saturated heterocycles. The average molecular weight is 177 g/mol. The Kier molecular flexibility index (Phi) is 5.32. The maximum absolute atomic E-state index is 11.0. The van der Waals surface area contributed by atoms with Crippen LogP contribution >= 0.6 is 0 Å². The van der Waals surface area contributed by atoms with E-state index in [9.17, 15) is 9.00 Å². The molecule has 11 heavy (non-hydrogen) atoms. The van der Waals surface area contributed by atoms with E-state index in [1.807, 2.05) is 13.8 Å². The van der Waals surface area contributed by atoms with Crippen LogP contribution in [-0.4, -0.2) is 15.7 Å². The zero-order valence-electron chi connectivity index (χ0n) is 7.00. The molecule has 0 aliphatic carbocycles. The first-order chi connectivity index (χ1) is 5.04. The summed E-state index contributed by atoms with van der Waals surface area (Å²) in [4.78, 5) is 11.0. The Morgan fingerprint density at radius 3 is 2.45 bits per heavy atom. The molecule has 66 valence electrons. The van der Waals surface area contributed by atoms with Gasteiger partial charge in [0.2, 0.25) is 0 Å². The van der Waals surface area contributed by atoms with Gasteiger partial charge in [-0.2, -0.15) is 0 Å². The fraction of sp³-hybridized carbons (Fsp3) is 0.857. The van der Waals surface area contributed by atoms with Crippen LogP contribution in [0.2, 0.25) is 0 Å². The molecule has 0 rings (SSSR count). The number of ketones is 1. The molecule has 0 aromatic rings. The Hall–Kier alpha value is -0.220. The number of rotatable bonds is 5. The van der Waals surface area contributed by atoms with Gasteiger partial charge in [-0.25, -0.2) is 4.21 Å². The first-order valence-corrected chi connectivity index (χ1v) is 5.07. The SMILES string of the molecule is CC(C)C(=O)CCCS(N)=O. The molecule has 1 unspecified atom stereocenters. The van der Waals surface area contributed by atoms with Crippen LogP contribution in [0.1, 0.15) is 26.7 Å². The highest BCUT2D eigenvalue weighted by molar-refractivity contribution is 7.82. The lowest BCUT2D eigenvalue weighted by Gasteiger charge is -2.01. The van der Waals surface area contributed by atoms with Gasteiger partial charge in [-0.1, -0.05) is 13.8 Å². The Morgan fingerprint density at radius 1 is 1.55 bits per heavy atom. The van der Waals surface area contributed by atoms with Crippen molar-refractivity contribution < 1.29 is 9.00 Å². The van der Waals surface area contributed by atoms with Gasteiger partial charge in [0.05, 0.1) is 11.0 Å². The van der Waals surface area contributed by atoms with Crippen molar-refractivity contribution in [2.45, 2.75) is 26.7 Å². The highest BCUT2D eigenvalue weighted by Crippen LogP contribution is 2.01. The quantitative estimate of drug-likeness (QED) is 0.669. The Labute approximate surface area is 69.9 Å². The third kappa shape index (κ3) is 6.19. The van der Waals surface area contributed by atoms with Crippen molar-refractivity contribution in [3.63, 3.8) is 0 Å². The van der Waals surface area contributed by atoms with Crippen molar-refractivity contribution in [2.24, 2.45) is 11.1 Å². The second-order valence-corrected chi connectivity index (χ2v) is 3.98. The van der Waals surface area contributed by atoms with E-state index in [4.69, 9.17) is 5.14 Å². The van der Waals surface area contributed by atoms with Gasteiger partial charge in [0.1, 0.15) is 5.78 Å². The Bertz CT molecular complexity index is 157. The van der Waals surface area contributed by atoms with Gasteiger partial charge in [-0.3, -0.25) is 9.93 Å². The predicted molar refractivity (Wildman–Crippen MR) is 46.3 cm³/mol. The summed E-state index contributed by atoms with van der Waals surface area (Å²) < 4.78 is 10.4. The fourth-order valence-electron chi connectivity index (χ4n) is 0.677. The molecular weight excluding hydrogens is 162 g/mol. The molecule has 1 atom stereocenters. The van der Waals surface area contributed by atoms with Crippen molar-refractivity contribution in [2.75, 3.05) is 5.75 Å². The van der Waals surface area contributed by atoms with Gasteiger partial charge < -0.3 is 0 Å². The molecule has 0 heterocycles. The molecule has 0 amide bonds. The van der Waals surface area contributed by atoms with Crippen LogP contribution in [0.25, 0.3) is 0 Å². The molecule has 0 aromatic carbocycles. The van der Waals surface area contributed by atoms with E-state index in [0.717, 1.165) is 0 Å². The highest BCUT2D eigenvalue weighted by Gasteiger charge is 2.06. The van der Waals surface area contributed by atoms with Crippen LogP contribution in [0, 0.1) is 5.92 Å². The van der Waals surface area contributed by atoms with Crippen LogP contribution < -0.4 is 5.14 Å². The summed E-state index contributed by atoms with van der Waals surface area (Å²) in [6, 6.07) is 0. The normalized spacial score (nSPS) is 13.5. The van der Waals surface area contributed by atoms with E-state index in [-0.39, 0.29) is 11.7 Å². The van der Waals surface area contributed by atoms with Crippen LogP contribution in [0.15, 0.2) is 0 Å². The van der Waals surface area contributed by atoms with E-state index >= 15 is 0 Å². The third-order valence-corrected chi connectivity index (χ3v) is 2.10. The third-order valence-electron chi connectivity index (χ3n) is 1.41. The summed E-state index contributed by atoms with van der Waals surface area (Å²) in [7, 11) is -1.25. The highest BCUT2D eigenvalue weighted by atomic mass is 32.2. The largest absolute Gasteiger partial charge is 0.299 e. The van der Waals surface area contributed by atoms with E-state index < -0.39 is 11.0 Å². The molecule has 0 fully saturated rings. The smallest absolute Gasteiger partial charge is 0.135 e. The van der Waals surface area contributed by atoms with Crippen molar-refractivity contribution in [1.82, 2.24) is 0 Å². The standard InChI is InChI=1S/C7H15NO2S/c1-6(2)7(9)4-3-5-11(8)10/h6H,3-5,8H2,1-2H3. The van der Waals surface area contributed by atoms with Gasteiger partial charge in [0.25, 0.3) is 0 Å². The van der Waals surface area contributed by atoms with E-state index in [1.165, 1.54) is 0 Å². The molecule has 0 aliphatic rings. The first kappa shape index (κ1) is 10.8. The van der Waals surface area contributed by atoms with Crippen molar-refractivity contribution >= 4 is 16.8 Å². The van der Waals surface area contributed by atoms with Gasteiger partial charge >= 0.3 is 0 Å². The summed E-state index contributed by atoms with van der Waals surface area (Å²) in [5.41, 5.74) is 0. The lowest BCUT2D eigenvalue weighted by molar-refractivity contribution is -0.121. The Balaban J connectivity index is 3.39. The summed E-state index contributed by atoms with van der Waals surface area (Å²) in [6.07, 6.45) is 1.14. The molecule has 3 nitrogen and oxygen atoms in total. The lowest BCUT2D eigenvalue weighted by atomic mass is 10.1. The molecule has 4 heteroatoms. The molecule has 2 N–H and O–H groups in total. The number of hydrogen-bond donors (Lipinski definition) is 1. The lowest BCUT2D eigenvalue weighted by Crippen LogP contribution is -2.11. The van der Waals surface area contributed by atoms with Crippen LogP contribution in [0.4, 0.5) is 0 Å². The summed E-state index contributed by atoms with van der Waals surface area (Å²) in [6.45, 7) is 3.73. The fourth-order valence-corrected chi connectivity index (χ4v) is 1.11. The molecule has 0 aromatic heterocycles. The van der Waals surface area contributed by atoms with E-state index in [0.29, 0.717) is 18.6 Å². The summed E-state index contributed by atoms with van der Waals surface area (Å²) in [5, 5.41) is 5.02. The average Bonchev–Trinajstić information content (AvgIpc) is 1.86. The molecule has 0 saturated carbocycles. The first-order valence-electron chi connectivity index (χ1n) is 3.69. The minimum absolute atomic E-state index is 0.0845. The maximum Gasteiger partial charge on any atom is 0.135 e. The van der Waals surface area contributed by atoms with Crippen LogP contribution in [0.3, 0.4) is 0 Å². The minimum atomic E-state index is -1.25. The van der Waals surface area contributed by atoms with E-state index in [2.05, 4.69) is 0 Å². The van der Waals surface area contributed by atoms with Gasteiger partial charge in [0.15, 0.2) is 0 Å². The van der Waals surface area contributed by atoms with Crippen molar-refractivity contribution in [1.29, 1.82) is 0 Å². The number of carbonyl (C=O) groups is 1.